The van der Waals surface area contributed by atoms with Crippen LogP contribution in [0.15, 0.2) is 66.7 Å². The number of allylic oxidation sites excluding steroid dienone is 2. The number of halogens is 3. The van der Waals surface area contributed by atoms with E-state index >= 15 is 0 Å². The second-order valence-electron chi connectivity index (χ2n) is 6.33. The number of hydrogen-bond donors (Lipinski definition) is 0. The lowest BCUT2D eigenvalue weighted by Crippen LogP contribution is -2.08. The van der Waals surface area contributed by atoms with E-state index in [-0.39, 0.29) is 11.1 Å². The van der Waals surface area contributed by atoms with Gasteiger partial charge in [-0.25, -0.2) is 9.18 Å². The van der Waals surface area contributed by atoms with E-state index in [0.717, 1.165) is 24.5 Å². The fraction of sp³-hybridized carbons (Fsp3) is 0.174. The van der Waals surface area contributed by atoms with Gasteiger partial charge in [0.15, 0.2) is 11.6 Å². The molecule has 0 atom stereocenters. The Morgan fingerprint density at radius 2 is 1.83 bits per heavy atom. The van der Waals surface area contributed by atoms with Crippen molar-refractivity contribution in [2.24, 2.45) is 0 Å². The van der Waals surface area contributed by atoms with Gasteiger partial charge in [0, 0.05) is 5.39 Å². The largest absolute Gasteiger partial charge is 0.432 e. The molecule has 0 aliphatic carbocycles. The van der Waals surface area contributed by atoms with Crippen molar-refractivity contribution in [2.75, 3.05) is 0 Å². The predicted octanol–water partition coefficient (Wildman–Crippen LogP) is 6.31. The number of alkyl halides is 2. The van der Waals surface area contributed by atoms with Crippen molar-refractivity contribution >= 4 is 16.7 Å². The van der Waals surface area contributed by atoms with Crippen LogP contribution in [-0.4, -0.2) is 12.6 Å². The third-order valence-electron chi connectivity index (χ3n) is 4.34. The van der Waals surface area contributed by atoms with E-state index in [1.165, 1.54) is 24.3 Å². The lowest BCUT2D eigenvalue weighted by atomic mass is 10.1. The number of aryl methyl sites for hydroxylation is 1. The summed E-state index contributed by atoms with van der Waals surface area (Å²) < 4.78 is 48.4. The number of benzene rings is 3. The third-order valence-corrected chi connectivity index (χ3v) is 4.34. The minimum atomic E-state index is -3.11. The van der Waals surface area contributed by atoms with Crippen LogP contribution >= 0.6 is 0 Å². The Labute approximate surface area is 166 Å². The monoisotopic (exact) mass is 400 g/mol. The van der Waals surface area contributed by atoms with Crippen LogP contribution in [0.2, 0.25) is 0 Å². The molecule has 0 N–H and O–H groups in total. The summed E-state index contributed by atoms with van der Waals surface area (Å²) in [7, 11) is 0. The topological polar surface area (TPSA) is 35.5 Å². The van der Waals surface area contributed by atoms with Gasteiger partial charge in [-0.15, -0.1) is 0 Å². The molecule has 0 unspecified atom stereocenters. The highest BCUT2D eigenvalue weighted by Crippen LogP contribution is 2.30. The van der Waals surface area contributed by atoms with Gasteiger partial charge < -0.3 is 9.47 Å². The van der Waals surface area contributed by atoms with Gasteiger partial charge in [-0.1, -0.05) is 30.4 Å². The van der Waals surface area contributed by atoms with Gasteiger partial charge in [-0.2, -0.15) is 8.78 Å². The van der Waals surface area contributed by atoms with Crippen molar-refractivity contribution in [3.63, 3.8) is 0 Å². The molecule has 29 heavy (non-hydrogen) atoms. The Kier molecular flexibility index (Phi) is 6.54. The minimum Gasteiger partial charge on any atom is -0.432 e. The second kappa shape index (κ2) is 9.28. The van der Waals surface area contributed by atoms with E-state index in [9.17, 15) is 18.0 Å². The fourth-order valence-corrected chi connectivity index (χ4v) is 2.89. The first-order chi connectivity index (χ1) is 14.0. The molecule has 0 saturated heterocycles. The smallest absolute Gasteiger partial charge is 0.387 e. The van der Waals surface area contributed by atoms with Crippen molar-refractivity contribution in [2.45, 2.75) is 26.4 Å². The highest BCUT2D eigenvalue weighted by atomic mass is 19.3. The highest BCUT2D eigenvalue weighted by Gasteiger charge is 2.14. The minimum absolute atomic E-state index is 0.0911. The zero-order valence-electron chi connectivity index (χ0n) is 15.7. The number of carbonyl (C=O) groups is 1. The average Bonchev–Trinajstić information content (AvgIpc) is 2.70. The summed E-state index contributed by atoms with van der Waals surface area (Å²) in [4.78, 5) is 12.4. The Hall–Kier alpha value is -3.28. The average molecular weight is 400 g/mol. The normalized spacial score (nSPS) is 11.3. The zero-order chi connectivity index (χ0) is 20.8. The van der Waals surface area contributed by atoms with Gasteiger partial charge in [0.1, 0.15) is 5.75 Å². The van der Waals surface area contributed by atoms with E-state index in [0.29, 0.717) is 10.9 Å². The summed E-state index contributed by atoms with van der Waals surface area (Å²) >= 11 is 0. The number of fused-ring (bicyclic) bond motifs is 1. The zero-order valence-corrected chi connectivity index (χ0v) is 15.7. The summed E-state index contributed by atoms with van der Waals surface area (Å²) in [6.45, 7) is -1.15. The third kappa shape index (κ3) is 5.16. The Bertz CT molecular complexity index is 1030. The molecule has 150 valence electrons. The van der Waals surface area contributed by atoms with Gasteiger partial charge in [-0.05, 0) is 67.1 Å². The molecule has 0 saturated carbocycles. The SMILES string of the molecule is C/C=C/CCc1ccc(C(=O)Oc2ccc3c(F)c(OC(F)F)ccc3c2)cc1. The summed E-state index contributed by atoms with van der Waals surface area (Å²) in [5.74, 6) is -1.75. The Morgan fingerprint density at radius 3 is 2.52 bits per heavy atom. The predicted molar refractivity (Wildman–Crippen MR) is 105 cm³/mol. The molecule has 0 bridgehead atoms. The van der Waals surface area contributed by atoms with Crippen molar-refractivity contribution in [1.82, 2.24) is 0 Å². The molecule has 3 nitrogen and oxygen atoms in total. The summed E-state index contributed by atoms with van der Waals surface area (Å²) in [6, 6.07) is 13.9. The molecular weight excluding hydrogens is 381 g/mol. The molecule has 6 heteroatoms. The lowest BCUT2D eigenvalue weighted by molar-refractivity contribution is -0.0520. The van der Waals surface area contributed by atoms with Crippen LogP contribution in [0.5, 0.6) is 11.5 Å². The van der Waals surface area contributed by atoms with Gasteiger partial charge >= 0.3 is 12.6 Å². The van der Waals surface area contributed by atoms with Crippen LogP contribution in [0.4, 0.5) is 13.2 Å². The van der Waals surface area contributed by atoms with Crippen molar-refractivity contribution in [1.29, 1.82) is 0 Å². The van der Waals surface area contributed by atoms with E-state index < -0.39 is 24.1 Å². The first-order valence-corrected chi connectivity index (χ1v) is 9.07. The molecule has 3 rings (SSSR count). The number of esters is 1. The molecule has 0 aliphatic rings. The molecule has 0 aliphatic heterocycles. The maximum atomic E-state index is 14.3. The number of hydrogen-bond acceptors (Lipinski definition) is 3. The van der Waals surface area contributed by atoms with Gasteiger partial charge in [0.05, 0.1) is 5.56 Å². The quantitative estimate of drug-likeness (QED) is 0.265. The van der Waals surface area contributed by atoms with Gasteiger partial charge in [0.25, 0.3) is 0 Å². The van der Waals surface area contributed by atoms with E-state index in [4.69, 9.17) is 4.74 Å². The van der Waals surface area contributed by atoms with Crippen molar-refractivity contribution < 1.29 is 27.4 Å². The van der Waals surface area contributed by atoms with Crippen molar-refractivity contribution in [3.05, 3.63) is 83.7 Å². The summed E-state index contributed by atoms with van der Waals surface area (Å²) in [5.41, 5.74) is 1.51. The fourth-order valence-electron chi connectivity index (χ4n) is 2.89. The van der Waals surface area contributed by atoms with Crippen LogP contribution in [0.3, 0.4) is 0 Å². The summed E-state index contributed by atoms with van der Waals surface area (Å²) in [5, 5.41) is 0.488. The molecule has 0 radical (unpaired) electrons. The Morgan fingerprint density at radius 1 is 1.07 bits per heavy atom. The molecule has 3 aromatic carbocycles. The molecular formula is C23H19F3O3. The van der Waals surface area contributed by atoms with Crippen LogP contribution < -0.4 is 9.47 Å². The van der Waals surface area contributed by atoms with Crippen LogP contribution in [-0.2, 0) is 6.42 Å². The summed E-state index contributed by atoms with van der Waals surface area (Å²) in [6.07, 6.45) is 5.88. The van der Waals surface area contributed by atoms with Crippen LogP contribution in [0.25, 0.3) is 10.8 Å². The van der Waals surface area contributed by atoms with E-state index in [1.54, 1.807) is 12.1 Å². The number of rotatable bonds is 7. The van der Waals surface area contributed by atoms with Crippen LogP contribution in [0, 0.1) is 5.82 Å². The molecule has 0 amide bonds. The first kappa shape index (κ1) is 20.5. The molecule has 0 fully saturated rings. The van der Waals surface area contributed by atoms with E-state index in [1.807, 2.05) is 25.1 Å². The first-order valence-electron chi connectivity index (χ1n) is 9.07. The standard InChI is InChI=1S/C23H19F3O3/c1-2-3-4-5-15-6-8-16(9-7-15)22(27)28-18-11-12-19-17(14-18)10-13-20(21(19)24)29-23(25)26/h2-3,6-14,23H,4-5H2,1H3/b3-2+. The van der Waals surface area contributed by atoms with E-state index in [2.05, 4.69) is 10.8 Å². The number of carbonyl (C=O) groups excluding carboxylic acids is 1. The molecule has 0 heterocycles. The second-order valence-corrected chi connectivity index (χ2v) is 6.33. The Balaban J connectivity index is 1.73. The van der Waals surface area contributed by atoms with Gasteiger partial charge in [-0.3, -0.25) is 0 Å². The maximum Gasteiger partial charge on any atom is 0.387 e. The number of ether oxygens (including phenoxy) is 2. The molecule has 0 aromatic heterocycles. The molecule has 0 spiro atoms. The van der Waals surface area contributed by atoms with Crippen molar-refractivity contribution in [3.8, 4) is 11.5 Å². The lowest BCUT2D eigenvalue weighted by Gasteiger charge is -2.10. The maximum absolute atomic E-state index is 14.3. The molecule has 3 aromatic rings. The highest BCUT2D eigenvalue weighted by molar-refractivity contribution is 5.92. The van der Waals surface area contributed by atoms with Gasteiger partial charge in [0.2, 0.25) is 0 Å². The van der Waals surface area contributed by atoms with Crippen LogP contribution in [0.1, 0.15) is 29.3 Å².